The van der Waals surface area contributed by atoms with Crippen LogP contribution in [0.15, 0.2) is 0 Å². The van der Waals surface area contributed by atoms with Crippen molar-refractivity contribution in [1.29, 1.82) is 0 Å². The molecule has 1 aliphatic rings. The summed E-state index contributed by atoms with van der Waals surface area (Å²) >= 11 is 0. The van der Waals surface area contributed by atoms with Crippen LogP contribution in [-0.2, 0) is 9.59 Å². The van der Waals surface area contributed by atoms with Crippen molar-refractivity contribution in [1.82, 2.24) is 5.32 Å². The number of piperidine rings is 1. The topological polar surface area (TPSA) is 46.2 Å². The van der Waals surface area contributed by atoms with Crippen LogP contribution < -0.4 is 5.32 Å². The second-order valence-corrected chi connectivity index (χ2v) is 5.16. The van der Waals surface area contributed by atoms with Gasteiger partial charge in [-0.15, -0.1) is 0 Å². The van der Waals surface area contributed by atoms with Crippen LogP contribution in [0.2, 0.25) is 0 Å². The smallest absolute Gasteiger partial charge is 0.230 e. The Morgan fingerprint density at radius 1 is 1.25 bits per heavy atom. The van der Waals surface area contributed by atoms with Gasteiger partial charge in [0.05, 0.1) is 0 Å². The molecule has 0 aliphatic carbocycles. The lowest BCUT2D eigenvalue weighted by Crippen LogP contribution is -2.47. The van der Waals surface area contributed by atoms with Crippen LogP contribution in [0, 0.1) is 11.3 Å². The lowest BCUT2D eigenvalue weighted by Gasteiger charge is -2.38. The summed E-state index contributed by atoms with van der Waals surface area (Å²) in [5.74, 6) is -0.151. The fourth-order valence-electron chi connectivity index (χ4n) is 2.97. The summed E-state index contributed by atoms with van der Waals surface area (Å²) in [6, 6.07) is 0. The fourth-order valence-corrected chi connectivity index (χ4v) is 2.97. The number of nitrogens with one attached hydrogen (secondary N) is 1. The molecule has 92 valence electrons. The summed E-state index contributed by atoms with van der Waals surface area (Å²) in [6.45, 7) is 6.50. The van der Waals surface area contributed by atoms with Crippen LogP contribution in [0.4, 0.5) is 0 Å². The van der Waals surface area contributed by atoms with Crippen molar-refractivity contribution in [2.24, 2.45) is 11.3 Å². The molecule has 0 aromatic carbocycles. The zero-order chi connectivity index (χ0) is 12.2. The Morgan fingerprint density at radius 3 is 2.25 bits per heavy atom. The SMILES string of the molecule is CCCC(C)(CCC)C1CCC(=O)NC1=O. The van der Waals surface area contributed by atoms with Gasteiger partial charge in [-0.3, -0.25) is 14.9 Å². The van der Waals surface area contributed by atoms with E-state index < -0.39 is 0 Å². The molecule has 3 nitrogen and oxygen atoms in total. The quantitative estimate of drug-likeness (QED) is 0.731. The first kappa shape index (κ1) is 13.2. The molecule has 16 heavy (non-hydrogen) atoms. The molecule has 0 spiro atoms. The van der Waals surface area contributed by atoms with Crippen LogP contribution in [-0.4, -0.2) is 11.8 Å². The Labute approximate surface area is 98.0 Å². The third-order valence-electron chi connectivity index (χ3n) is 3.72. The van der Waals surface area contributed by atoms with Crippen molar-refractivity contribution in [2.75, 3.05) is 0 Å². The van der Waals surface area contributed by atoms with Crippen molar-refractivity contribution in [3.05, 3.63) is 0 Å². The van der Waals surface area contributed by atoms with Gasteiger partial charge in [0.15, 0.2) is 0 Å². The van der Waals surface area contributed by atoms with Crippen molar-refractivity contribution < 1.29 is 9.59 Å². The zero-order valence-electron chi connectivity index (χ0n) is 10.6. The van der Waals surface area contributed by atoms with Crippen molar-refractivity contribution in [3.63, 3.8) is 0 Å². The summed E-state index contributed by atoms with van der Waals surface area (Å²) in [4.78, 5) is 23.0. The number of carbonyl (C=O) groups is 2. The molecule has 2 amide bonds. The molecule has 0 bridgehead atoms. The highest BCUT2D eigenvalue weighted by atomic mass is 16.2. The predicted molar refractivity (Wildman–Crippen MR) is 63.8 cm³/mol. The Hall–Kier alpha value is -0.860. The Kier molecular flexibility index (Phi) is 4.51. The molecule has 1 aliphatic heterocycles. The standard InChI is InChI=1S/C13H23NO2/c1-4-8-13(3,9-5-2)10-6-7-11(15)14-12(10)16/h10H,4-9H2,1-3H3,(H,14,15,16). The van der Waals surface area contributed by atoms with Gasteiger partial charge in [0, 0.05) is 12.3 Å². The van der Waals surface area contributed by atoms with Gasteiger partial charge in [0.2, 0.25) is 11.8 Å². The Balaban J connectivity index is 2.77. The van der Waals surface area contributed by atoms with Gasteiger partial charge in [-0.2, -0.15) is 0 Å². The second kappa shape index (κ2) is 5.46. The van der Waals surface area contributed by atoms with E-state index in [1.165, 1.54) is 0 Å². The Morgan fingerprint density at radius 2 is 1.81 bits per heavy atom. The van der Waals surface area contributed by atoms with E-state index in [4.69, 9.17) is 0 Å². The van der Waals surface area contributed by atoms with Crippen molar-refractivity contribution in [3.8, 4) is 0 Å². The second-order valence-electron chi connectivity index (χ2n) is 5.16. The van der Waals surface area contributed by atoms with E-state index >= 15 is 0 Å². The van der Waals surface area contributed by atoms with Crippen molar-refractivity contribution >= 4 is 11.8 Å². The normalized spacial score (nSPS) is 22.1. The number of amides is 2. The van der Waals surface area contributed by atoms with E-state index in [9.17, 15) is 9.59 Å². The van der Waals surface area contributed by atoms with Gasteiger partial charge in [-0.25, -0.2) is 0 Å². The lowest BCUT2D eigenvalue weighted by atomic mass is 9.68. The monoisotopic (exact) mass is 225 g/mol. The van der Waals surface area contributed by atoms with Gasteiger partial charge in [-0.05, 0) is 24.7 Å². The molecular formula is C13H23NO2. The molecule has 1 fully saturated rings. The average molecular weight is 225 g/mol. The third-order valence-corrected chi connectivity index (χ3v) is 3.72. The molecule has 3 heteroatoms. The molecule has 0 aromatic rings. The maximum atomic E-state index is 11.9. The molecular weight excluding hydrogens is 202 g/mol. The van der Waals surface area contributed by atoms with E-state index in [0.717, 1.165) is 32.1 Å². The molecule has 1 unspecified atom stereocenters. The van der Waals surface area contributed by atoms with Crippen molar-refractivity contribution in [2.45, 2.75) is 59.3 Å². The van der Waals surface area contributed by atoms with Crippen LogP contribution in [0.25, 0.3) is 0 Å². The summed E-state index contributed by atoms with van der Waals surface area (Å²) in [6.07, 6.45) is 5.53. The summed E-state index contributed by atoms with van der Waals surface area (Å²) in [5, 5.41) is 2.47. The minimum atomic E-state index is -0.114. The molecule has 1 N–H and O–H groups in total. The maximum Gasteiger partial charge on any atom is 0.230 e. The molecule has 0 aromatic heterocycles. The van der Waals surface area contributed by atoms with Gasteiger partial charge in [0.25, 0.3) is 0 Å². The minimum Gasteiger partial charge on any atom is -0.296 e. The fraction of sp³-hybridized carbons (Fsp3) is 0.846. The first-order chi connectivity index (χ1) is 7.53. The van der Waals surface area contributed by atoms with E-state index in [1.54, 1.807) is 0 Å². The summed E-state index contributed by atoms with van der Waals surface area (Å²) in [5.41, 5.74) is 0.0638. The van der Waals surface area contributed by atoms with E-state index in [-0.39, 0.29) is 23.1 Å². The highest BCUT2D eigenvalue weighted by Crippen LogP contribution is 2.41. The minimum absolute atomic E-state index is 0.0186. The predicted octanol–water partition coefficient (Wildman–Crippen LogP) is 2.65. The summed E-state index contributed by atoms with van der Waals surface area (Å²) in [7, 11) is 0. The van der Waals surface area contributed by atoms with Crippen LogP contribution in [0.1, 0.15) is 59.3 Å². The lowest BCUT2D eigenvalue weighted by molar-refractivity contribution is -0.140. The number of hydrogen-bond acceptors (Lipinski definition) is 2. The molecule has 0 radical (unpaired) electrons. The van der Waals surface area contributed by atoms with E-state index in [2.05, 4.69) is 26.1 Å². The maximum absolute atomic E-state index is 11.9. The third kappa shape index (κ3) is 2.83. The highest BCUT2D eigenvalue weighted by molar-refractivity contribution is 5.98. The van der Waals surface area contributed by atoms with Crippen LogP contribution in [0.5, 0.6) is 0 Å². The largest absolute Gasteiger partial charge is 0.296 e. The zero-order valence-corrected chi connectivity index (χ0v) is 10.6. The van der Waals surface area contributed by atoms with Crippen LogP contribution >= 0.6 is 0 Å². The number of carbonyl (C=O) groups excluding carboxylic acids is 2. The molecule has 1 heterocycles. The van der Waals surface area contributed by atoms with Gasteiger partial charge in [-0.1, -0.05) is 33.6 Å². The number of hydrogen-bond donors (Lipinski definition) is 1. The number of rotatable bonds is 5. The van der Waals surface area contributed by atoms with E-state index in [0.29, 0.717) is 6.42 Å². The molecule has 1 saturated heterocycles. The van der Waals surface area contributed by atoms with Crippen LogP contribution in [0.3, 0.4) is 0 Å². The van der Waals surface area contributed by atoms with Gasteiger partial charge < -0.3 is 0 Å². The van der Waals surface area contributed by atoms with Gasteiger partial charge >= 0.3 is 0 Å². The molecule has 1 atom stereocenters. The molecule has 1 rings (SSSR count). The molecule has 0 saturated carbocycles. The Bertz CT molecular complexity index is 267. The van der Waals surface area contributed by atoms with Gasteiger partial charge in [0.1, 0.15) is 0 Å². The summed E-state index contributed by atoms with van der Waals surface area (Å²) < 4.78 is 0. The average Bonchev–Trinajstić information content (AvgIpc) is 2.17. The first-order valence-electron chi connectivity index (χ1n) is 6.37. The number of imide groups is 1. The first-order valence-corrected chi connectivity index (χ1v) is 6.37. The van der Waals surface area contributed by atoms with E-state index in [1.807, 2.05) is 0 Å². The highest BCUT2D eigenvalue weighted by Gasteiger charge is 2.40.